The number of rotatable bonds is 6. The van der Waals surface area contributed by atoms with Crippen molar-refractivity contribution in [3.8, 4) is 0 Å². The topological polar surface area (TPSA) is 26.3 Å². The van der Waals surface area contributed by atoms with E-state index in [1.54, 1.807) is 0 Å². The first-order valence-corrected chi connectivity index (χ1v) is 16.5. The van der Waals surface area contributed by atoms with Crippen molar-refractivity contribution in [1.82, 2.24) is 0 Å². The van der Waals surface area contributed by atoms with E-state index in [2.05, 4.69) is 53.4 Å². The van der Waals surface area contributed by atoms with E-state index in [9.17, 15) is 4.57 Å². The van der Waals surface area contributed by atoms with E-state index in [0.717, 1.165) is 23.5 Å². The molecule has 172 valence electrons. The van der Waals surface area contributed by atoms with Crippen molar-refractivity contribution in [2.45, 2.75) is 64.8 Å². The third kappa shape index (κ3) is 5.45. The third-order valence-corrected chi connectivity index (χ3v) is 14.8. The molecule has 1 saturated carbocycles. The molecule has 0 heterocycles. The van der Waals surface area contributed by atoms with Gasteiger partial charge in [0, 0.05) is 22.9 Å². The second-order valence-corrected chi connectivity index (χ2v) is 18.3. The molecular weight excluding hydrogens is 427 g/mol. The van der Waals surface area contributed by atoms with Gasteiger partial charge in [-0.2, -0.15) is 0 Å². The van der Waals surface area contributed by atoms with Gasteiger partial charge in [0.2, 0.25) is 0 Å². The fourth-order valence-corrected chi connectivity index (χ4v) is 8.02. The Bertz CT molecular complexity index is 959. The third-order valence-electron chi connectivity index (χ3n) is 7.28. The van der Waals surface area contributed by atoms with Crippen LogP contribution in [0.25, 0.3) is 0 Å². The lowest BCUT2D eigenvalue weighted by atomic mass is 9.81. The van der Waals surface area contributed by atoms with Crippen LogP contribution in [0.4, 0.5) is 0 Å². The first-order valence-electron chi connectivity index (χ1n) is 11.7. The quantitative estimate of drug-likeness (QED) is 0.330. The number of allylic oxidation sites excluding steroid dienone is 2. The summed E-state index contributed by atoms with van der Waals surface area (Å²) in [6, 6.07) is 19.8. The summed E-state index contributed by atoms with van der Waals surface area (Å²) >= 11 is 0. The van der Waals surface area contributed by atoms with Crippen molar-refractivity contribution < 1.29 is 8.99 Å². The number of hydrogen-bond donors (Lipinski definition) is 0. The standard InChI is InChI=1S/C28H39O2PSi/c1-22-20-25(30-32(6,7)28(3,4)5)21-24(23(22)2)18-19-31(29,26-14-10-8-11-15-26)27-16-12-9-13-17-27/h8-18,22,25H,2,19-21H2,1,3-7H3/b24-18-/t22-,25?/m0/s1. The number of benzene rings is 2. The van der Waals surface area contributed by atoms with Crippen LogP contribution in [0.5, 0.6) is 0 Å². The lowest BCUT2D eigenvalue weighted by Gasteiger charge is -2.42. The van der Waals surface area contributed by atoms with Crippen LogP contribution in [-0.4, -0.2) is 20.6 Å². The van der Waals surface area contributed by atoms with Gasteiger partial charge in [-0.05, 0) is 48.0 Å². The zero-order chi connectivity index (χ0) is 23.6. The van der Waals surface area contributed by atoms with Crippen LogP contribution in [0.1, 0.15) is 40.5 Å². The van der Waals surface area contributed by atoms with Gasteiger partial charge in [-0.3, -0.25) is 0 Å². The van der Waals surface area contributed by atoms with E-state index in [0.29, 0.717) is 12.1 Å². The van der Waals surface area contributed by atoms with Gasteiger partial charge in [-0.25, -0.2) is 0 Å². The minimum absolute atomic E-state index is 0.185. The Balaban J connectivity index is 1.90. The molecule has 0 radical (unpaired) electrons. The Morgan fingerprint density at radius 2 is 1.53 bits per heavy atom. The van der Waals surface area contributed by atoms with E-state index in [1.807, 2.05) is 60.7 Å². The van der Waals surface area contributed by atoms with Crippen LogP contribution in [0.15, 0.2) is 84.5 Å². The fraction of sp³-hybridized carbons (Fsp3) is 0.429. The zero-order valence-corrected chi connectivity index (χ0v) is 22.5. The van der Waals surface area contributed by atoms with E-state index in [-0.39, 0.29) is 11.1 Å². The van der Waals surface area contributed by atoms with Gasteiger partial charge < -0.3 is 8.99 Å². The molecule has 32 heavy (non-hydrogen) atoms. The van der Waals surface area contributed by atoms with Crippen LogP contribution >= 0.6 is 7.14 Å². The minimum atomic E-state index is -2.77. The molecule has 0 spiro atoms. The Kier molecular flexibility index (Phi) is 7.54. The monoisotopic (exact) mass is 466 g/mol. The Morgan fingerprint density at radius 3 is 2.00 bits per heavy atom. The summed E-state index contributed by atoms with van der Waals surface area (Å²) in [7, 11) is -4.62. The molecule has 1 aliphatic carbocycles. The molecular formula is C28H39O2PSi. The summed E-state index contributed by atoms with van der Waals surface area (Å²) in [5.41, 5.74) is 2.40. The smallest absolute Gasteiger partial charge is 0.192 e. The highest BCUT2D eigenvalue weighted by Gasteiger charge is 2.40. The average molecular weight is 467 g/mol. The van der Waals surface area contributed by atoms with Crippen LogP contribution in [0.3, 0.4) is 0 Å². The Morgan fingerprint density at radius 1 is 1.03 bits per heavy atom. The lowest BCUT2D eigenvalue weighted by Crippen LogP contribution is -2.45. The highest BCUT2D eigenvalue weighted by molar-refractivity contribution is 7.78. The summed E-state index contributed by atoms with van der Waals surface area (Å²) in [5.74, 6) is 0.373. The van der Waals surface area contributed by atoms with Crippen molar-refractivity contribution in [2.24, 2.45) is 5.92 Å². The van der Waals surface area contributed by atoms with E-state index in [1.165, 1.54) is 11.1 Å². The molecule has 2 aromatic rings. The van der Waals surface area contributed by atoms with Gasteiger partial charge in [-0.15, -0.1) is 0 Å². The maximum absolute atomic E-state index is 14.4. The van der Waals surface area contributed by atoms with Gasteiger partial charge in [0.1, 0.15) is 7.14 Å². The van der Waals surface area contributed by atoms with Crippen molar-refractivity contribution in [3.63, 3.8) is 0 Å². The summed E-state index contributed by atoms with van der Waals surface area (Å²) < 4.78 is 21.2. The molecule has 3 rings (SSSR count). The molecule has 2 aromatic carbocycles. The molecule has 1 fully saturated rings. The SMILES string of the molecule is C=C1/C(=C\CP(=O)(c2ccccc2)c2ccccc2)CC(O[Si](C)(C)C(C)(C)C)C[C@@H]1C. The minimum Gasteiger partial charge on any atom is -0.414 e. The molecule has 4 heteroatoms. The summed E-state index contributed by atoms with van der Waals surface area (Å²) in [5, 5.41) is 2.00. The Labute approximate surface area is 196 Å². The van der Waals surface area contributed by atoms with E-state index < -0.39 is 15.5 Å². The van der Waals surface area contributed by atoms with Crippen LogP contribution < -0.4 is 10.6 Å². The van der Waals surface area contributed by atoms with Crippen LogP contribution in [0.2, 0.25) is 18.1 Å². The largest absolute Gasteiger partial charge is 0.414 e. The predicted molar refractivity (Wildman–Crippen MR) is 142 cm³/mol. The van der Waals surface area contributed by atoms with Crippen LogP contribution in [-0.2, 0) is 8.99 Å². The highest BCUT2D eigenvalue weighted by Crippen LogP contribution is 2.46. The van der Waals surface area contributed by atoms with Crippen molar-refractivity contribution >= 4 is 26.1 Å². The second kappa shape index (κ2) is 9.67. The maximum Gasteiger partial charge on any atom is 0.192 e. The van der Waals surface area contributed by atoms with E-state index in [4.69, 9.17) is 4.43 Å². The summed E-state index contributed by atoms with van der Waals surface area (Å²) in [4.78, 5) is 0. The van der Waals surface area contributed by atoms with Gasteiger partial charge in [0.15, 0.2) is 8.32 Å². The van der Waals surface area contributed by atoms with Gasteiger partial charge in [-0.1, -0.05) is 101 Å². The fourth-order valence-electron chi connectivity index (χ4n) is 4.15. The molecule has 0 aliphatic heterocycles. The van der Waals surface area contributed by atoms with Crippen LogP contribution in [0, 0.1) is 5.92 Å². The Hall–Kier alpha value is -1.67. The molecule has 2 nitrogen and oxygen atoms in total. The number of hydrogen-bond acceptors (Lipinski definition) is 2. The van der Waals surface area contributed by atoms with Crippen molar-refractivity contribution in [1.29, 1.82) is 0 Å². The second-order valence-electron chi connectivity index (χ2n) is 10.7. The molecule has 0 amide bonds. The summed E-state index contributed by atoms with van der Waals surface area (Å²) in [6.07, 6.45) is 4.78. The average Bonchev–Trinajstić information content (AvgIpc) is 2.75. The first kappa shape index (κ1) is 25.0. The van der Waals surface area contributed by atoms with Gasteiger partial charge in [0.05, 0.1) is 0 Å². The van der Waals surface area contributed by atoms with Crippen molar-refractivity contribution in [3.05, 3.63) is 84.5 Å². The van der Waals surface area contributed by atoms with E-state index >= 15 is 0 Å². The molecule has 2 atom stereocenters. The zero-order valence-electron chi connectivity index (χ0n) is 20.6. The van der Waals surface area contributed by atoms with Gasteiger partial charge in [0.25, 0.3) is 0 Å². The molecule has 0 saturated heterocycles. The summed E-state index contributed by atoms with van der Waals surface area (Å²) in [6.45, 7) is 18.2. The molecule has 0 bridgehead atoms. The predicted octanol–water partition coefficient (Wildman–Crippen LogP) is 7.30. The first-order chi connectivity index (χ1) is 14.9. The normalized spacial score (nSPS) is 21.7. The maximum atomic E-state index is 14.4. The lowest BCUT2D eigenvalue weighted by molar-refractivity contribution is 0.149. The molecule has 1 unspecified atom stereocenters. The molecule has 1 aliphatic rings. The molecule has 0 aromatic heterocycles. The highest BCUT2D eigenvalue weighted by atomic mass is 31.2. The molecule has 0 N–H and O–H groups in total. The van der Waals surface area contributed by atoms with Crippen molar-refractivity contribution in [2.75, 3.05) is 6.16 Å². The van der Waals surface area contributed by atoms with Gasteiger partial charge >= 0.3 is 0 Å².